The van der Waals surface area contributed by atoms with Crippen molar-refractivity contribution in [1.29, 1.82) is 0 Å². The molecule has 0 aromatic carbocycles. The summed E-state index contributed by atoms with van der Waals surface area (Å²) in [6, 6.07) is 0. The zero-order valence-electron chi connectivity index (χ0n) is 10.5. The molecule has 1 saturated heterocycles. The molecule has 0 aromatic heterocycles. The van der Waals surface area contributed by atoms with Gasteiger partial charge in [-0.15, -0.1) is 0 Å². The summed E-state index contributed by atoms with van der Waals surface area (Å²) in [6.45, 7) is 4.87. The predicted octanol–water partition coefficient (Wildman–Crippen LogP) is 3.67. The molecule has 2 rings (SSSR count). The molecule has 2 heteroatoms. The summed E-state index contributed by atoms with van der Waals surface area (Å²) in [5.74, 6) is 0. The van der Waals surface area contributed by atoms with Crippen LogP contribution in [-0.4, -0.2) is 19.8 Å². The molecule has 1 saturated carbocycles. The van der Waals surface area contributed by atoms with E-state index in [9.17, 15) is 0 Å². The highest BCUT2D eigenvalue weighted by molar-refractivity contribution is 5.00. The molecule has 0 bridgehead atoms. The first-order valence-electron chi connectivity index (χ1n) is 6.72. The smallest absolute Gasteiger partial charge is 0.0952 e. The highest BCUT2D eigenvalue weighted by Crippen LogP contribution is 2.33. The molecule has 2 nitrogen and oxygen atoms in total. The van der Waals surface area contributed by atoms with Crippen LogP contribution in [0.2, 0.25) is 0 Å². The molecule has 1 atom stereocenters. The minimum Gasteiger partial charge on any atom is -0.501 e. The number of rotatable bonds is 4. The quantitative estimate of drug-likeness (QED) is 0.678. The van der Waals surface area contributed by atoms with Crippen molar-refractivity contribution in [3.05, 3.63) is 11.8 Å². The van der Waals surface area contributed by atoms with Crippen molar-refractivity contribution < 1.29 is 9.47 Å². The lowest BCUT2D eigenvalue weighted by Gasteiger charge is -2.25. The van der Waals surface area contributed by atoms with E-state index in [4.69, 9.17) is 9.47 Å². The molecule has 0 spiro atoms. The number of allylic oxidation sites excluding steroid dienone is 1. The molecule has 0 amide bonds. The van der Waals surface area contributed by atoms with Crippen LogP contribution in [0, 0.1) is 5.41 Å². The lowest BCUT2D eigenvalue weighted by Crippen LogP contribution is -2.25. The van der Waals surface area contributed by atoms with Crippen LogP contribution in [0.3, 0.4) is 0 Å². The third-order valence-corrected chi connectivity index (χ3v) is 4.07. The molecule has 2 aliphatic rings. The molecule has 0 aromatic rings. The highest BCUT2D eigenvalue weighted by atomic mass is 16.5. The van der Waals surface area contributed by atoms with Crippen molar-refractivity contribution in [2.75, 3.05) is 19.8 Å². The second kappa shape index (κ2) is 5.72. The lowest BCUT2D eigenvalue weighted by atomic mass is 9.85. The zero-order valence-corrected chi connectivity index (χ0v) is 10.5. The summed E-state index contributed by atoms with van der Waals surface area (Å²) < 4.78 is 11.3. The fourth-order valence-corrected chi connectivity index (χ4v) is 2.60. The molecule has 92 valence electrons. The minimum absolute atomic E-state index is 0.297. The van der Waals surface area contributed by atoms with Crippen molar-refractivity contribution >= 4 is 0 Å². The van der Waals surface area contributed by atoms with E-state index in [-0.39, 0.29) is 0 Å². The van der Waals surface area contributed by atoms with E-state index in [2.05, 4.69) is 6.92 Å². The van der Waals surface area contributed by atoms with Gasteiger partial charge in [-0.25, -0.2) is 0 Å². The van der Waals surface area contributed by atoms with Crippen LogP contribution in [0.25, 0.3) is 0 Å². The second-order valence-electron chi connectivity index (χ2n) is 5.30. The standard InChI is InChI=1S/C14H24O2/c1-2-14(8-9-15-11-14)12-16-10-13-6-4-3-5-7-13/h10H,2-9,11-12H2,1H3. The lowest BCUT2D eigenvalue weighted by molar-refractivity contribution is 0.0785. The maximum Gasteiger partial charge on any atom is 0.0952 e. The Bertz CT molecular complexity index is 231. The average molecular weight is 224 g/mol. The Hall–Kier alpha value is -0.500. The van der Waals surface area contributed by atoms with E-state index >= 15 is 0 Å². The summed E-state index contributed by atoms with van der Waals surface area (Å²) >= 11 is 0. The van der Waals surface area contributed by atoms with E-state index in [1.165, 1.54) is 37.7 Å². The molecule has 1 heterocycles. The number of ether oxygens (including phenoxy) is 2. The van der Waals surface area contributed by atoms with Gasteiger partial charge in [-0.1, -0.05) is 13.3 Å². The highest BCUT2D eigenvalue weighted by Gasteiger charge is 2.33. The van der Waals surface area contributed by atoms with Crippen LogP contribution in [-0.2, 0) is 9.47 Å². The Labute approximate surface area is 99.0 Å². The summed E-state index contributed by atoms with van der Waals surface area (Å²) in [4.78, 5) is 0. The van der Waals surface area contributed by atoms with Gasteiger partial charge in [-0.3, -0.25) is 0 Å². The first kappa shape index (κ1) is 12.0. The molecule has 0 N–H and O–H groups in total. The fourth-order valence-electron chi connectivity index (χ4n) is 2.60. The van der Waals surface area contributed by atoms with E-state index in [1.54, 1.807) is 0 Å². The van der Waals surface area contributed by atoms with Gasteiger partial charge in [0.25, 0.3) is 0 Å². The Morgan fingerprint density at radius 1 is 1.31 bits per heavy atom. The van der Waals surface area contributed by atoms with Gasteiger partial charge in [0.15, 0.2) is 0 Å². The van der Waals surface area contributed by atoms with Gasteiger partial charge < -0.3 is 9.47 Å². The predicted molar refractivity (Wildman–Crippen MR) is 65.3 cm³/mol. The molecular weight excluding hydrogens is 200 g/mol. The SMILES string of the molecule is CCC1(COC=C2CCCCC2)CCOC1. The van der Waals surface area contributed by atoms with Gasteiger partial charge in [0.1, 0.15) is 0 Å². The Morgan fingerprint density at radius 3 is 2.75 bits per heavy atom. The van der Waals surface area contributed by atoms with Crippen molar-refractivity contribution in [3.8, 4) is 0 Å². The van der Waals surface area contributed by atoms with Crippen LogP contribution < -0.4 is 0 Å². The fraction of sp³-hybridized carbons (Fsp3) is 0.857. The molecule has 0 radical (unpaired) electrons. The van der Waals surface area contributed by atoms with Crippen molar-refractivity contribution in [2.45, 2.75) is 51.9 Å². The van der Waals surface area contributed by atoms with Crippen LogP contribution in [0.4, 0.5) is 0 Å². The van der Waals surface area contributed by atoms with Crippen LogP contribution in [0.5, 0.6) is 0 Å². The first-order valence-corrected chi connectivity index (χ1v) is 6.72. The van der Waals surface area contributed by atoms with Gasteiger partial charge in [0.2, 0.25) is 0 Å². The molecule has 1 unspecified atom stereocenters. The topological polar surface area (TPSA) is 18.5 Å². The number of hydrogen-bond donors (Lipinski definition) is 0. The van der Waals surface area contributed by atoms with Crippen molar-refractivity contribution in [3.63, 3.8) is 0 Å². The Morgan fingerprint density at radius 2 is 2.12 bits per heavy atom. The molecule has 1 aliphatic heterocycles. The van der Waals surface area contributed by atoms with Crippen LogP contribution in [0.1, 0.15) is 51.9 Å². The van der Waals surface area contributed by atoms with Crippen molar-refractivity contribution in [2.24, 2.45) is 5.41 Å². The van der Waals surface area contributed by atoms with Gasteiger partial charge in [-0.2, -0.15) is 0 Å². The first-order chi connectivity index (χ1) is 7.85. The third kappa shape index (κ3) is 3.00. The van der Waals surface area contributed by atoms with E-state index < -0.39 is 0 Å². The Kier molecular flexibility index (Phi) is 4.28. The second-order valence-corrected chi connectivity index (χ2v) is 5.30. The van der Waals surface area contributed by atoms with Gasteiger partial charge in [-0.05, 0) is 44.1 Å². The van der Waals surface area contributed by atoms with Gasteiger partial charge in [0.05, 0.1) is 19.5 Å². The molecule has 1 aliphatic carbocycles. The summed E-state index contributed by atoms with van der Waals surface area (Å²) in [7, 11) is 0. The third-order valence-electron chi connectivity index (χ3n) is 4.07. The summed E-state index contributed by atoms with van der Waals surface area (Å²) in [5.41, 5.74) is 1.81. The summed E-state index contributed by atoms with van der Waals surface area (Å²) in [5, 5.41) is 0. The van der Waals surface area contributed by atoms with Crippen LogP contribution >= 0.6 is 0 Å². The largest absolute Gasteiger partial charge is 0.501 e. The minimum atomic E-state index is 0.297. The Balaban J connectivity index is 1.77. The van der Waals surface area contributed by atoms with Gasteiger partial charge in [0, 0.05) is 12.0 Å². The molecule has 16 heavy (non-hydrogen) atoms. The summed E-state index contributed by atoms with van der Waals surface area (Å²) in [6.07, 6.45) is 10.9. The van der Waals surface area contributed by atoms with Gasteiger partial charge >= 0.3 is 0 Å². The molecular formula is C14H24O2. The van der Waals surface area contributed by atoms with E-state index in [1.807, 2.05) is 6.26 Å². The zero-order chi connectivity index (χ0) is 11.3. The molecule has 2 fully saturated rings. The average Bonchev–Trinajstić information content (AvgIpc) is 2.80. The maximum atomic E-state index is 5.81. The van der Waals surface area contributed by atoms with Crippen molar-refractivity contribution in [1.82, 2.24) is 0 Å². The van der Waals surface area contributed by atoms with E-state index in [0.29, 0.717) is 5.41 Å². The maximum absolute atomic E-state index is 5.81. The monoisotopic (exact) mass is 224 g/mol. The number of hydrogen-bond acceptors (Lipinski definition) is 2. The normalized spacial score (nSPS) is 30.4. The van der Waals surface area contributed by atoms with Crippen LogP contribution in [0.15, 0.2) is 11.8 Å². The van der Waals surface area contributed by atoms with E-state index in [0.717, 1.165) is 32.7 Å².